The Morgan fingerprint density at radius 3 is 2.39 bits per heavy atom. The molecule has 1 aliphatic heterocycles. The first-order valence-corrected chi connectivity index (χ1v) is 9.82. The number of benzene rings is 2. The molecule has 0 saturated carbocycles. The zero-order chi connectivity index (χ0) is 19.5. The molecule has 1 N–H and O–H groups in total. The maximum Gasteiger partial charge on any atom is 0.229 e. The summed E-state index contributed by atoms with van der Waals surface area (Å²) in [5.41, 5.74) is 4.65. The van der Waals surface area contributed by atoms with E-state index in [2.05, 4.69) is 36.5 Å². The molecule has 4 rings (SSSR count). The lowest BCUT2D eigenvalue weighted by atomic mass is 10.0. The van der Waals surface area contributed by atoms with E-state index in [9.17, 15) is 9.59 Å². The SMILES string of the molecule is CCc1ccc(CNC(=O)[C@H]2CCn3c(C(=O)c4ccccc4)ccc32)cc1. The molecule has 1 aromatic heterocycles. The van der Waals surface area contributed by atoms with E-state index in [1.54, 1.807) is 0 Å². The van der Waals surface area contributed by atoms with Crippen LogP contribution < -0.4 is 5.32 Å². The zero-order valence-electron chi connectivity index (χ0n) is 16.0. The van der Waals surface area contributed by atoms with Crippen LogP contribution in [0.3, 0.4) is 0 Å². The van der Waals surface area contributed by atoms with E-state index in [4.69, 9.17) is 0 Å². The lowest BCUT2D eigenvalue weighted by Crippen LogP contribution is -2.27. The number of amides is 1. The molecule has 4 heteroatoms. The highest BCUT2D eigenvalue weighted by molar-refractivity contribution is 6.08. The van der Waals surface area contributed by atoms with Crippen LogP contribution in [0.1, 0.15) is 52.1 Å². The summed E-state index contributed by atoms with van der Waals surface area (Å²) in [5.74, 6) is -0.175. The van der Waals surface area contributed by atoms with E-state index < -0.39 is 0 Å². The van der Waals surface area contributed by atoms with Crippen LogP contribution in [0.25, 0.3) is 0 Å². The van der Waals surface area contributed by atoms with Gasteiger partial charge in [-0.15, -0.1) is 0 Å². The molecule has 142 valence electrons. The highest BCUT2D eigenvalue weighted by Gasteiger charge is 2.31. The number of nitrogens with one attached hydrogen (secondary N) is 1. The van der Waals surface area contributed by atoms with Crippen molar-refractivity contribution in [2.75, 3.05) is 0 Å². The highest BCUT2D eigenvalue weighted by atomic mass is 16.2. The molecule has 2 aromatic carbocycles. The number of aromatic nitrogens is 1. The number of fused-ring (bicyclic) bond motifs is 1. The molecule has 0 saturated heterocycles. The van der Waals surface area contributed by atoms with Crippen molar-refractivity contribution in [1.29, 1.82) is 0 Å². The Kier molecular flexibility index (Phi) is 5.11. The van der Waals surface area contributed by atoms with E-state index in [1.165, 1.54) is 5.56 Å². The van der Waals surface area contributed by atoms with Gasteiger partial charge in [0.25, 0.3) is 0 Å². The first kappa shape index (κ1) is 18.2. The molecule has 0 fully saturated rings. The molecule has 0 unspecified atom stereocenters. The topological polar surface area (TPSA) is 51.1 Å². The summed E-state index contributed by atoms with van der Waals surface area (Å²) in [6.07, 6.45) is 1.74. The fourth-order valence-electron chi connectivity index (χ4n) is 3.85. The monoisotopic (exact) mass is 372 g/mol. The Labute approximate surface area is 165 Å². The van der Waals surface area contributed by atoms with Gasteiger partial charge in [-0.3, -0.25) is 9.59 Å². The van der Waals surface area contributed by atoms with Crippen LogP contribution in [0.15, 0.2) is 66.7 Å². The average Bonchev–Trinajstić information content (AvgIpc) is 3.35. The molecule has 28 heavy (non-hydrogen) atoms. The van der Waals surface area contributed by atoms with Gasteiger partial charge < -0.3 is 9.88 Å². The zero-order valence-corrected chi connectivity index (χ0v) is 16.0. The second-order valence-corrected chi connectivity index (χ2v) is 7.22. The van der Waals surface area contributed by atoms with Crippen LogP contribution >= 0.6 is 0 Å². The van der Waals surface area contributed by atoms with Crippen molar-refractivity contribution in [3.63, 3.8) is 0 Å². The number of hydrogen-bond acceptors (Lipinski definition) is 2. The van der Waals surface area contributed by atoms with Crippen molar-refractivity contribution in [2.45, 2.75) is 38.8 Å². The Morgan fingerprint density at radius 1 is 0.964 bits per heavy atom. The van der Waals surface area contributed by atoms with Crippen molar-refractivity contribution in [1.82, 2.24) is 9.88 Å². The van der Waals surface area contributed by atoms with Gasteiger partial charge in [0.05, 0.1) is 11.6 Å². The number of carbonyl (C=O) groups excluding carboxylic acids is 2. The molecule has 0 radical (unpaired) electrons. The van der Waals surface area contributed by atoms with Crippen LogP contribution in [0.2, 0.25) is 0 Å². The molecule has 0 bridgehead atoms. The van der Waals surface area contributed by atoms with Gasteiger partial charge in [0.2, 0.25) is 11.7 Å². The first-order valence-electron chi connectivity index (χ1n) is 9.82. The summed E-state index contributed by atoms with van der Waals surface area (Å²) < 4.78 is 2.00. The fourth-order valence-corrected chi connectivity index (χ4v) is 3.85. The number of nitrogens with zero attached hydrogens (tertiary/aromatic N) is 1. The van der Waals surface area contributed by atoms with Crippen molar-refractivity contribution < 1.29 is 9.59 Å². The minimum absolute atomic E-state index is 0.00363. The summed E-state index contributed by atoms with van der Waals surface area (Å²) in [7, 11) is 0. The maximum absolute atomic E-state index is 12.8. The van der Waals surface area contributed by atoms with E-state index in [0.29, 0.717) is 24.3 Å². The lowest BCUT2D eigenvalue weighted by Gasteiger charge is -2.11. The predicted octanol–water partition coefficient (Wildman–Crippen LogP) is 4.09. The molecule has 2 heterocycles. The maximum atomic E-state index is 12.8. The normalized spacial score (nSPS) is 15.2. The Balaban J connectivity index is 1.45. The van der Waals surface area contributed by atoms with Crippen molar-refractivity contribution in [3.05, 3.63) is 94.8 Å². The molecule has 4 nitrogen and oxygen atoms in total. The molecule has 1 atom stereocenters. The van der Waals surface area contributed by atoms with Gasteiger partial charge >= 0.3 is 0 Å². The number of carbonyl (C=O) groups is 2. The largest absolute Gasteiger partial charge is 0.351 e. The summed E-state index contributed by atoms with van der Waals surface area (Å²) in [6.45, 7) is 3.35. The molecular formula is C24H24N2O2. The standard InChI is InChI=1S/C24H24N2O2/c1-2-17-8-10-18(11-9-17)16-25-24(28)20-14-15-26-21(20)12-13-22(26)23(27)19-6-4-3-5-7-19/h3-13,20H,2,14-16H2,1H3,(H,25,28)/t20-/m0/s1. The van der Waals surface area contributed by atoms with Crippen LogP contribution in [-0.4, -0.2) is 16.3 Å². The second kappa shape index (κ2) is 7.85. The van der Waals surface area contributed by atoms with E-state index >= 15 is 0 Å². The van der Waals surface area contributed by atoms with Gasteiger partial charge in [-0.1, -0.05) is 61.5 Å². The predicted molar refractivity (Wildman–Crippen MR) is 109 cm³/mol. The number of rotatable bonds is 6. The second-order valence-electron chi connectivity index (χ2n) is 7.22. The molecule has 3 aromatic rings. The third-order valence-electron chi connectivity index (χ3n) is 5.50. The van der Waals surface area contributed by atoms with Gasteiger partial charge in [0.1, 0.15) is 0 Å². The Bertz CT molecular complexity index is 987. The third kappa shape index (κ3) is 3.50. The summed E-state index contributed by atoms with van der Waals surface area (Å²) in [4.78, 5) is 25.5. The minimum atomic E-state index is -0.202. The van der Waals surface area contributed by atoms with Crippen LogP contribution in [0.5, 0.6) is 0 Å². The van der Waals surface area contributed by atoms with Crippen molar-refractivity contribution >= 4 is 11.7 Å². The fraction of sp³-hybridized carbons (Fsp3) is 0.250. The van der Waals surface area contributed by atoms with Gasteiger partial charge in [0, 0.05) is 24.3 Å². The molecule has 1 amide bonds. The van der Waals surface area contributed by atoms with Crippen molar-refractivity contribution in [3.8, 4) is 0 Å². The highest BCUT2D eigenvalue weighted by Crippen LogP contribution is 2.31. The molecule has 1 aliphatic rings. The van der Waals surface area contributed by atoms with E-state index in [-0.39, 0.29) is 17.6 Å². The van der Waals surface area contributed by atoms with Crippen LogP contribution in [0.4, 0.5) is 0 Å². The first-order chi connectivity index (χ1) is 13.7. The van der Waals surface area contributed by atoms with Gasteiger partial charge in [-0.05, 0) is 36.1 Å². The minimum Gasteiger partial charge on any atom is -0.351 e. The van der Waals surface area contributed by atoms with Gasteiger partial charge in [0.15, 0.2) is 0 Å². The summed E-state index contributed by atoms with van der Waals surface area (Å²) in [5, 5.41) is 3.05. The van der Waals surface area contributed by atoms with E-state index in [1.807, 2.05) is 47.0 Å². The molecular weight excluding hydrogens is 348 g/mol. The lowest BCUT2D eigenvalue weighted by molar-refractivity contribution is -0.122. The Morgan fingerprint density at radius 2 is 1.68 bits per heavy atom. The number of aryl methyl sites for hydroxylation is 1. The molecule has 0 aliphatic carbocycles. The third-order valence-corrected chi connectivity index (χ3v) is 5.50. The Hall–Kier alpha value is -3.14. The summed E-state index contributed by atoms with van der Waals surface area (Å²) >= 11 is 0. The van der Waals surface area contributed by atoms with Crippen LogP contribution in [0, 0.1) is 0 Å². The average molecular weight is 372 g/mol. The van der Waals surface area contributed by atoms with Gasteiger partial charge in [-0.25, -0.2) is 0 Å². The van der Waals surface area contributed by atoms with Gasteiger partial charge in [-0.2, -0.15) is 0 Å². The van der Waals surface area contributed by atoms with E-state index in [0.717, 1.165) is 24.1 Å². The van der Waals surface area contributed by atoms with Crippen LogP contribution in [-0.2, 0) is 24.3 Å². The number of ketones is 1. The van der Waals surface area contributed by atoms with Crippen molar-refractivity contribution in [2.24, 2.45) is 0 Å². The summed E-state index contributed by atoms with van der Waals surface area (Å²) in [6, 6.07) is 21.4. The quantitative estimate of drug-likeness (QED) is 0.663. The molecule has 0 spiro atoms. The smallest absolute Gasteiger partial charge is 0.229 e. The number of hydrogen-bond donors (Lipinski definition) is 1.